The summed E-state index contributed by atoms with van der Waals surface area (Å²) >= 11 is 0. The van der Waals surface area contributed by atoms with E-state index >= 15 is 0 Å². The molecule has 0 aliphatic carbocycles. The smallest absolute Gasteiger partial charge is 0.409 e. The van der Waals surface area contributed by atoms with Crippen molar-refractivity contribution in [3.05, 3.63) is 35.6 Å². The number of amides is 1. The van der Waals surface area contributed by atoms with Crippen molar-refractivity contribution in [1.82, 2.24) is 29.7 Å². The SMILES string of the molecule is CCc1nn(-c2noc(C3CCN(CC4CN(C(=O)OC)C4)CC3)n2)c2c(F)cccc12. The van der Waals surface area contributed by atoms with Crippen LogP contribution in [-0.4, -0.2) is 75.6 Å². The number of fused-ring (bicyclic) bond motifs is 1. The third kappa shape index (κ3) is 3.72. The first-order valence-electron chi connectivity index (χ1n) is 11.1. The average molecular weight is 442 g/mol. The van der Waals surface area contributed by atoms with Crippen molar-refractivity contribution in [2.24, 2.45) is 5.92 Å². The number of halogens is 1. The summed E-state index contributed by atoms with van der Waals surface area (Å²) in [4.78, 5) is 20.2. The van der Waals surface area contributed by atoms with Gasteiger partial charge in [-0.1, -0.05) is 19.1 Å². The van der Waals surface area contributed by atoms with E-state index in [1.807, 2.05) is 13.0 Å². The van der Waals surface area contributed by atoms with E-state index < -0.39 is 0 Å². The molecule has 3 aromatic rings. The molecule has 0 unspecified atom stereocenters. The van der Waals surface area contributed by atoms with E-state index in [0.29, 0.717) is 23.7 Å². The van der Waals surface area contributed by atoms with E-state index in [4.69, 9.17) is 9.26 Å². The van der Waals surface area contributed by atoms with Crippen molar-refractivity contribution in [2.45, 2.75) is 32.1 Å². The van der Waals surface area contributed by atoms with E-state index in [1.165, 1.54) is 17.9 Å². The molecule has 0 N–H and O–H groups in total. The molecule has 1 amide bonds. The summed E-state index contributed by atoms with van der Waals surface area (Å²) in [5.41, 5.74) is 1.19. The Labute approximate surface area is 185 Å². The molecule has 2 aliphatic heterocycles. The number of aromatic nitrogens is 4. The normalized spacial score (nSPS) is 18.3. The van der Waals surface area contributed by atoms with Gasteiger partial charge in [-0.2, -0.15) is 14.8 Å². The number of carbonyl (C=O) groups is 1. The van der Waals surface area contributed by atoms with Crippen LogP contribution in [0.5, 0.6) is 0 Å². The van der Waals surface area contributed by atoms with Crippen LogP contribution in [0.4, 0.5) is 9.18 Å². The van der Waals surface area contributed by atoms with Crippen molar-refractivity contribution in [2.75, 3.05) is 39.8 Å². The highest BCUT2D eigenvalue weighted by atomic mass is 19.1. The molecular weight excluding hydrogens is 415 g/mol. The number of hydrogen-bond acceptors (Lipinski definition) is 7. The highest BCUT2D eigenvalue weighted by Gasteiger charge is 2.34. The summed E-state index contributed by atoms with van der Waals surface area (Å²) < 4.78 is 26.3. The molecule has 2 aliphatic rings. The van der Waals surface area contributed by atoms with Crippen molar-refractivity contribution in [3.63, 3.8) is 0 Å². The minimum absolute atomic E-state index is 0.178. The first-order chi connectivity index (χ1) is 15.6. The van der Waals surface area contributed by atoms with Crippen LogP contribution in [0.15, 0.2) is 22.7 Å². The van der Waals surface area contributed by atoms with E-state index in [1.54, 1.807) is 11.0 Å². The first kappa shape index (κ1) is 20.9. The van der Waals surface area contributed by atoms with Crippen LogP contribution in [-0.2, 0) is 11.2 Å². The molecule has 0 saturated carbocycles. The topological polar surface area (TPSA) is 89.5 Å². The molecule has 2 fully saturated rings. The number of hydrogen-bond donors (Lipinski definition) is 0. The number of methoxy groups -OCH3 is 1. The van der Waals surface area contributed by atoms with Crippen LogP contribution in [0, 0.1) is 11.7 Å². The molecule has 2 aromatic heterocycles. The van der Waals surface area contributed by atoms with Gasteiger partial charge in [-0.15, -0.1) is 0 Å². The van der Waals surface area contributed by atoms with Gasteiger partial charge in [0.15, 0.2) is 0 Å². The van der Waals surface area contributed by atoms with Crippen LogP contribution in [0.2, 0.25) is 0 Å². The fraction of sp³-hybridized carbons (Fsp3) is 0.545. The van der Waals surface area contributed by atoms with Gasteiger partial charge in [0.2, 0.25) is 5.89 Å². The van der Waals surface area contributed by atoms with Crippen molar-refractivity contribution < 1.29 is 18.4 Å². The summed E-state index contributed by atoms with van der Waals surface area (Å²) in [7, 11) is 1.41. The maximum absolute atomic E-state index is 14.5. The Hall–Kier alpha value is -3.01. The van der Waals surface area contributed by atoms with Gasteiger partial charge in [0.05, 0.1) is 12.8 Å². The number of piperidine rings is 1. The Morgan fingerprint density at radius 2 is 2.06 bits per heavy atom. The third-order valence-corrected chi connectivity index (χ3v) is 6.53. The Bertz CT molecular complexity index is 1110. The highest BCUT2D eigenvalue weighted by molar-refractivity contribution is 5.83. The maximum atomic E-state index is 14.5. The Morgan fingerprint density at radius 3 is 2.78 bits per heavy atom. The minimum atomic E-state index is -0.351. The highest BCUT2D eigenvalue weighted by Crippen LogP contribution is 2.30. The quantitative estimate of drug-likeness (QED) is 0.600. The second-order valence-electron chi connectivity index (χ2n) is 8.60. The summed E-state index contributed by atoms with van der Waals surface area (Å²) in [6.07, 6.45) is 2.28. The summed E-state index contributed by atoms with van der Waals surface area (Å²) in [6.45, 7) is 6.37. The van der Waals surface area contributed by atoms with E-state index in [0.717, 1.165) is 56.6 Å². The van der Waals surface area contributed by atoms with E-state index in [-0.39, 0.29) is 23.8 Å². The van der Waals surface area contributed by atoms with Gasteiger partial charge in [-0.25, -0.2) is 9.18 Å². The van der Waals surface area contributed by atoms with Gasteiger partial charge in [0.25, 0.3) is 5.95 Å². The molecule has 0 bridgehead atoms. The second kappa shape index (κ2) is 8.50. The molecule has 0 radical (unpaired) electrons. The molecule has 170 valence electrons. The third-order valence-electron chi connectivity index (χ3n) is 6.53. The molecule has 5 rings (SSSR count). The predicted molar refractivity (Wildman–Crippen MR) is 114 cm³/mol. The molecular formula is C22H27FN6O3. The monoisotopic (exact) mass is 442 g/mol. The molecule has 0 atom stereocenters. The van der Waals surface area contributed by atoms with Crippen LogP contribution in [0.25, 0.3) is 16.9 Å². The number of likely N-dealkylation sites (tertiary alicyclic amines) is 2. The van der Waals surface area contributed by atoms with Gasteiger partial charge < -0.3 is 19.1 Å². The molecule has 10 heteroatoms. The Morgan fingerprint density at radius 1 is 1.28 bits per heavy atom. The lowest BCUT2D eigenvalue weighted by Gasteiger charge is -2.41. The molecule has 0 spiro atoms. The number of para-hydroxylation sites is 1. The van der Waals surface area contributed by atoms with Gasteiger partial charge >= 0.3 is 6.09 Å². The lowest BCUT2D eigenvalue weighted by atomic mass is 9.94. The summed E-state index contributed by atoms with van der Waals surface area (Å²) in [5, 5.41) is 9.41. The van der Waals surface area contributed by atoms with E-state index in [2.05, 4.69) is 20.1 Å². The lowest BCUT2D eigenvalue weighted by Crippen LogP contribution is -2.54. The fourth-order valence-corrected chi connectivity index (χ4v) is 4.76. The first-order valence-corrected chi connectivity index (χ1v) is 11.1. The number of aryl methyl sites for hydroxylation is 1. The lowest BCUT2D eigenvalue weighted by molar-refractivity contribution is 0.0461. The average Bonchev–Trinajstić information content (AvgIpc) is 3.41. The summed E-state index contributed by atoms with van der Waals surface area (Å²) in [6, 6.07) is 4.97. The molecule has 2 saturated heterocycles. The maximum Gasteiger partial charge on any atom is 0.409 e. The molecule has 1 aromatic carbocycles. The molecule has 9 nitrogen and oxygen atoms in total. The van der Waals surface area contributed by atoms with Gasteiger partial charge in [0, 0.05) is 36.9 Å². The number of rotatable bonds is 5. The largest absolute Gasteiger partial charge is 0.453 e. The Balaban J connectivity index is 1.22. The zero-order valence-corrected chi connectivity index (χ0v) is 18.3. The van der Waals surface area contributed by atoms with Crippen molar-refractivity contribution in [3.8, 4) is 5.95 Å². The zero-order valence-electron chi connectivity index (χ0n) is 18.3. The van der Waals surface area contributed by atoms with Gasteiger partial charge in [0.1, 0.15) is 11.3 Å². The Kier molecular flexibility index (Phi) is 5.54. The number of benzene rings is 1. The van der Waals surface area contributed by atoms with Gasteiger partial charge in [-0.05, 0) is 43.6 Å². The van der Waals surface area contributed by atoms with Crippen molar-refractivity contribution in [1.29, 1.82) is 0 Å². The predicted octanol–water partition coefficient (Wildman–Crippen LogP) is 2.99. The van der Waals surface area contributed by atoms with Crippen LogP contribution < -0.4 is 0 Å². The second-order valence-corrected chi connectivity index (χ2v) is 8.60. The number of ether oxygens (including phenoxy) is 1. The zero-order chi connectivity index (χ0) is 22.2. The number of carbonyl (C=O) groups excluding carboxylic acids is 1. The molecule has 32 heavy (non-hydrogen) atoms. The standard InChI is InChI=1S/C22H27FN6O3/c1-3-18-16-5-4-6-17(23)19(16)29(25-18)21-24-20(32-26-21)15-7-9-27(10-8-15)11-14-12-28(13-14)22(30)31-2/h4-6,14-15H,3,7-13H2,1-2H3. The van der Waals surface area contributed by atoms with Crippen LogP contribution in [0.3, 0.4) is 0 Å². The number of nitrogens with zero attached hydrogens (tertiary/aromatic N) is 6. The van der Waals surface area contributed by atoms with Gasteiger partial charge in [-0.3, -0.25) is 0 Å². The van der Waals surface area contributed by atoms with Crippen LogP contribution in [0.1, 0.15) is 37.3 Å². The van der Waals surface area contributed by atoms with E-state index in [9.17, 15) is 9.18 Å². The minimum Gasteiger partial charge on any atom is -0.453 e. The fourth-order valence-electron chi connectivity index (χ4n) is 4.76. The molecule has 4 heterocycles. The van der Waals surface area contributed by atoms with Crippen LogP contribution >= 0.6 is 0 Å². The summed E-state index contributed by atoms with van der Waals surface area (Å²) in [5.74, 6) is 1.18. The van der Waals surface area contributed by atoms with Crippen molar-refractivity contribution >= 4 is 17.0 Å².